The zero-order chi connectivity index (χ0) is 30.6. The van der Waals surface area contributed by atoms with Crippen LogP contribution in [0.3, 0.4) is 0 Å². The number of halogens is 3. The van der Waals surface area contributed by atoms with E-state index in [2.05, 4.69) is 0 Å². The molecule has 0 unspecified atom stereocenters. The minimum Gasteiger partial charge on any atom is -0.497 e. The van der Waals surface area contributed by atoms with Crippen molar-refractivity contribution in [3.05, 3.63) is 93.3 Å². The van der Waals surface area contributed by atoms with Crippen LogP contribution < -0.4 is 19.6 Å². The lowest BCUT2D eigenvalue weighted by Crippen LogP contribution is -2.29. The number of ether oxygens (including phenoxy) is 3. The molecule has 0 atom stereocenters. The van der Waals surface area contributed by atoms with Gasteiger partial charge in [-0.15, -0.1) is 0 Å². The molecule has 3 aromatic carbocycles. The second-order valence-corrected chi connectivity index (χ2v) is 10.5. The maximum Gasteiger partial charge on any atom is 0.453 e. The molecule has 226 valence electrons. The summed E-state index contributed by atoms with van der Waals surface area (Å²) in [5, 5.41) is -0.109. The molecule has 1 aliphatic heterocycles. The lowest BCUT2D eigenvalue weighted by Gasteiger charge is -2.27. The normalized spacial score (nSPS) is 14.1. The molecule has 0 bridgehead atoms. The zero-order valence-corrected chi connectivity index (χ0v) is 24.0. The molecular weight excluding hydrogens is 563 g/mol. The van der Waals surface area contributed by atoms with Gasteiger partial charge in [0.25, 0.3) is 5.76 Å². The molecule has 43 heavy (non-hydrogen) atoms. The molecule has 0 aliphatic carbocycles. The predicted molar refractivity (Wildman–Crippen MR) is 155 cm³/mol. The van der Waals surface area contributed by atoms with E-state index in [0.29, 0.717) is 18.8 Å². The van der Waals surface area contributed by atoms with E-state index in [0.717, 1.165) is 37.7 Å². The van der Waals surface area contributed by atoms with Crippen molar-refractivity contribution in [2.75, 3.05) is 20.2 Å². The molecule has 2 heterocycles. The smallest absolute Gasteiger partial charge is 0.453 e. The Morgan fingerprint density at radius 1 is 0.930 bits per heavy atom. The van der Waals surface area contributed by atoms with Gasteiger partial charge in [0.2, 0.25) is 11.2 Å². The van der Waals surface area contributed by atoms with Gasteiger partial charge in [-0.2, -0.15) is 13.2 Å². The number of hydrogen-bond acceptors (Lipinski definition) is 7. The van der Waals surface area contributed by atoms with Gasteiger partial charge in [0.15, 0.2) is 0 Å². The number of esters is 1. The fourth-order valence-electron chi connectivity index (χ4n) is 5.16. The highest BCUT2D eigenvalue weighted by molar-refractivity contribution is 5.92. The molecule has 1 aromatic heterocycles. The number of carbonyl (C=O) groups is 1. The number of rotatable bonds is 9. The number of fused-ring (bicyclic) bond motifs is 1. The first-order valence-electron chi connectivity index (χ1n) is 14.2. The monoisotopic (exact) mass is 595 g/mol. The van der Waals surface area contributed by atoms with Crippen LogP contribution in [0.15, 0.2) is 69.9 Å². The molecule has 4 aromatic rings. The van der Waals surface area contributed by atoms with Gasteiger partial charge in [-0.3, -0.25) is 9.69 Å². The zero-order valence-electron chi connectivity index (χ0n) is 24.0. The van der Waals surface area contributed by atoms with Crippen LogP contribution in [0, 0.1) is 0 Å². The van der Waals surface area contributed by atoms with Gasteiger partial charge in [0.05, 0.1) is 23.6 Å². The number of likely N-dealkylation sites (tertiary alicyclic amines) is 1. The van der Waals surface area contributed by atoms with Crippen molar-refractivity contribution in [3.8, 4) is 23.0 Å². The van der Waals surface area contributed by atoms with Gasteiger partial charge in [0, 0.05) is 6.54 Å². The fourth-order valence-corrected chi connectivity index (χ4v) is 5.16. The lowest BCUT2D eigenvalue weighted by molar-refractivity contribution is -0.154. The molecule has 1 saturated heterocycles. The lowest BCUT2D eigenvalue weighted by atomic mass is 10.1. The van der Waals surface area contributed by atoms with E-state index in [1.54, 1.807) is 24.3 Å². The van der Waals surface area contributed by atoms with E-state index in [4.69, 9.17) is 18.6 Å². The molecule has 0 radical (unpaired) electrons. The molecule has 0 spiro atoms. The van der Waals surface area contributed by atoms with Crippen molar-refractivity contribution in [1.82, 2.24) is 4.90 Å². The highest BCUT2D eigenvalue weighted by atomic mass is 19.4. The van der Waals surface area contributed by atoms with Gasteiger partial charge in [-0.05, 0) is 86.4 Å². The average Bonchev–Trinajstić information content (AvgIpc) is 3.00. The Hall–Kier alpha value is -4.31. The van der Waals surface area contributed by atoms with E-state index >= 15 is 0 Å². The number of benzene rings is 3. The van der Waals surface area contributed by atoms with Crippen LogP contribution in [0.5, 0.6) is 23.0 Å². The SMILES string of the molecule is CCCc1ccc(Oc2c(C(F)(F)F)oc3c(CN4CCCCC4)c(OC(=O)c4ccc(OC)cc4)ccc3c2=O)cc1. The molecular formula is C33H32F3NO6. The summed E-state index contributed by atoms with van der Waals surface area (Å²) in [5.74, 6) is -2.58. The Morgan fingerprint density at radius 2 is 1.60 bits per heavy atom. The average molecular weight is 596 g/mol. The van der Waals surface area contributed by atoms with Crippen LogP contribution in [0.1, 0.15) is 59.9 Å². The van der Waals surface area contributed by atoms with Crippen LogP contribution in [-0.2, 0) is 19.1 Å². The first kappa shape index (κ1) is 30.2. The van der Waals surface area contributed by atoms with Crippen molar-refractivity contribution in [2.24, 2.45) is 0 Å². The van der Waals surface area contributed by atoms with Crippen LogP contribution in [0.4, 0.5) is 13.2 Å². The second-order valence-electron chi connectivity index (χ2n) is 10.5. The van der Waals surface area contributed by atoms with Gasteiger partial charge in [-0.1, -0.05) is 31.9 Å². The van der Waals surface area contributed by atoms with E-state index < -0.39 is 29.1 Å². The number of methoxy groups -OCH3 is 1. The Bertz CT molecular complexity index is 1640. The van der Waals surface area contributed by atoms with Crippen molar-refractivity contribution in [2.45, 2.75) is 51.7 Å². The number of carbonyl (C=O) groups excluding carboxylic acids is 1. The topological polar surface area (TPSA) is 78.2 Å². The predicted octanol–water partition coefficient (Wildman–Crippen LogP) is 7.77. The van der Waals surface area contributed by atoms with E-state index in [9.17, 15) is 22.8 Å². The molecule has 0 N–H and O–H groups in total. The summed E-state index contributed by atoms with van der Waals surface area (Å²) in [5.41, 5.74) is 0.124. The number of alkyl halides is 3. The van der Waals surface area contributed by atoms with E-state index in [1.165, 1.54) is 43.5 Å². The molecule has 7 nitrogen and oxygen atoms in total. The summed E-state index contributed by atoms with van der Waals surface area (Å²) >= 11 is 0. The van der Waals surface area contributed by atoms with Gasteiger partial charge < -0.3 is 18.6 Å². The van der Waals surface area contributed by atoms with Crippen molar-refractivity contribution >= 4 is 16.9 Å². The first-order valence-corrected chi connectivity index (χ1v) is 14.2. The highest BCUT2D eigenvalue weighted by Gasteiger charge is 2.41. The second kappa shape index (κ2) is 12.9. The third-order valence-electron chi connectivity index (χ3n) is 7.38. The largest absolute Gasteiger partial charge is 0.497 e. The van der Waals surface area contributed by atoms with Crippen molar-refractivity contribution < 1.29 is 36.6 Å². The van der Waals surface area contributed by atoms with Gasteiger partial charge >= 0.3 is 12.1 Å². The number of aryl methyl sites for hydroxylation is 1. The van der Waals surface area contributed by atoms with Crippen molar-refractivity contribution in [3.63, 3.8) is 0 Å². The summed E-state index contributed by atoms with van der Waals surface area (Å²) < 4.78 is 65.0. The molecule has 10 heteroatoms. The fraction of sp³-hybridized carbons (Fsp3) is 0.333. The number of hydrogen-bond donors (Lipinski definition) is 0. The maximum atomic E-state index is 14.4. The Morgan fingerprint density at radius 3 is 2.23 bits per heavy atom. The van der Waals surface area contributed by atoms with Crippen molar-refractivity contribution in [1.29, 1.82) is 0 Å². The van der Waals surface area contributed by atoms with Crippen LogP contribution in [0.25, 0.3) is 11.0 Å². The Balaban J connectivity index is 1.61. The molecule has 0 saturated carbocycles. The van der Waals surface area contributed by atoms with Crippen LogP contribution >= 0.6 is 0 Å². The Kier molecular flexibility index (Phi) is 9.05. The maximum absolute atomic E-state index is 14.4. The van der Waals surface area contributed by atoms with E-state index in [1.807, 2.05) is 11.8 Å². The van der Waals surface area contributed by atoms with E-state index in [-0.39, 0.29) is 40.1 Å². The summed E-state index contributed by atoms with van der Waals surface area (Å²) in [6, 6.07) is 15.5. The highest BCUT2D eigenvalue weighted by Crippen LogP contribution is 2.40. The minimum atomic E-state index is -5.04. The van der Waals surface area contributed by atoms with Gasteiger partial charge in [0.1, 0.15) is 22.8 Å². The summed E-state index contributed by atoms with van der Waals surface area (Å²) in [6.07, 6.45) is -0.458. The number of piperidine rings is 1. The quantitative estimate of drug-likeness (QED) is 0.145. The standard InChI is InChI=1S/C33H32F3NO6/c1-3-7-21-8-12-24(13-9-21)41-30-28(38)25-16-17-27(42-32(39)22-10-14-23(40-2)15-11-22)26(20-37-18-5-4-6-19-37)29(25)43-31(30)33(34,35)36/h8-17H,3-7,18-20H2,1-2H3. The third-order valence-corrected chi connectivity index (χ3v) is 7.38. The summed E-state index contributed by atoms with van der Waals surface area (Å²) in [4.78, 5) is 28.7. The molecule has 0 amide bonds. The van der Waals surface area contributed by atoms with Crippen LogP contribution in [-0.4, -0.2) is 31.1 Å². The molecule has 1 aliphatic rings. The first-order chi connectivity index (χ1) is 20.7. The van der Waals surface area contributed by atoms with Gasteiger partial charge in [-0.25, -0.2) is 4.79 Å². The molecule has 5 rings (SSSR count). The summed E-state index contributed by atoms with van der Waals surface area (Å²) in [7, 11) is 1.50. The molecule has 1 fully saturated rings. The van der Waals surface area contributed by atoms with Crippen LogP contribution in [0.2, 0.25) is 0 Å². The minimum absolute atomic E-state index is 0.00958. The summed E-state index contributed by atoms with van der Waals surface area (Å²) in [6.45, 7) is 3.55. The third kappa shape index (κ3) is 6.85. The Labute approximate surface area is 246 Å². The number of nitrogens with zero attached hydrogens (tertiary/aromatic N) is 1.